The maximum Gasteiger partial charge on any atom is 0.416 e. The number of carbonyl (C=O) groups is 1. The molecule has 3 atom stereocenters. The summed E-state index contributed by atoms with van der Waals surface area (Å²) >= 11 is 0.987. The number of thioether (sulfide) groups is 1. The van der Waals surface area contributed by atoms with Gasteiger partial charge in [-0.1, -0.05) is 57.2 Å². The molecular formula is C27H29F3N2O3S. The maximum absolute atomic E-state index is 13.4. The summed E-state index contributed by atoms with van der Waals surface area (Å²) in [6.45, 7) is 6.41. The predicted molar refractivity (Wildman–Crippen MR) is 134 cm³/mol. The van der Waals surface area contributed by atoms with Crippen LogP contribution in [0.5, 0.6) is 0 Å². The fourth-order valence-electron chi connectivity index (χ4n) is 4.83. The van der Waals surface area contributed by atoms with Crippen LogP contribution in [-0.4, -0.2) is 27.4 Å². The Morgan fingerprint density at radius 2 is 1.92 bits per heavy atom. The number of nitrogens with zero attached hydrogens (tertiary/aromatic N) is 2. The molecule has 4 rings (SSSR count). The van der Waals surface area contributed by atoms with E-state index in [9.17, 15) is 22.8 Å². The topological polar surface area (TPSA) is 61.2 Å². The van der Waals surface area contributed by atoms with E-state index in [2.05, 4.69) is 25.8 Å². The number of hydrogen-bond donors (Lipinski definition) is 0. The van der Waals surface area contributed by atoms with Crippen molar-refractivity contribution in [3.63, 3.8) is 0 Å². The summed E-state index contributed by atoms with van der Waals surface area (Å²) in [6, 6.07) is 11.2. The number of benzene rings is 2. The highest BCUT2D eigenvalue weighted by Crippen LogP contribution is 2.36. The van der Waals surface area contributed by atoms with E-state index in [1.165, 1.54) is 12.1 Å². The van der Waals surface area contributed by atoms with Crippen LogP contribution in [0.4, 0.5) is 13.2 Å². The Balaban J connectivity index is 1.64. The fourth-order valence-corrected chi connectivity index (χ4v) is 5.63. The molecule has 0 unspecified atom stereocenters. The first kappa shape index (κ1) is 26.3. The molecule has 1 aliphatic carbocycles. The average molecular weight is 519 g/mol. The quantitative estimate of drug-likeness (QED) is 0.212. The molecule has 0 saturated heterocycles. The molecule has 0 radical (unpaired) electrons. The van der Waals surface area contributed by atoms with Crippen LogP contribution < -0.4 is 5.56 Å². The molecule has 0 N–H and O–H groups in total. The summed E-state index contributed by atoms with van der Waals surface area (Å²) in [5.41, 5.74) is -0.939. The summed E-state index contributed by atoms with van der Waals surface area (Å²) in [6.07, 6.45) is -1.81. The van der Waals surface area contributed by atoms with Crippen LogP contribution >= 0.6 is 11.8 Å². The Morgan fingerprint density at radius 3 is 2.64 bits per heavy atom. The Labute approximate surface area is 212 Å². The van der Waals surface area contributed by atoms with E-state index < -0.39 is 23.3 Å². The molecule has 1 aliphatic rings. The molecule has 0 bridgehead atoms. The molecule has 0 spiro atoms. The van der Waals surface area contributed by atoms with Gasteiger partial charge < -0.3 is 4.74 Å². The van der Waals surface area contributed by atoms with Crippen molar-refractivity contribution in [2.24, 2.45) is 17.8 Å². The third-order valence-electron chi connectivity index (χ3n) is 6.74. The number of fused-ring (bicyclic) bond motifs is 1. The lowest BCUT2D eigenvalue weighted by molar-refractivity contribution is -0.152. The molecule has 1 aromatic heterocycles. The molecule has 1 fully saturated rings. The van der Waals surface area contributed by atoms with Gasteiger partial charge in [0.05, 0.1) is 27.9 Å². The third kappa shape index (κ3) is 5.77. The average Bonchev–Trinajstić information content (AvgIpc) is 2.82. The second kappa shape index (κ2) is 10.7. The number of para-hydroxylation sites is 1. The molecule has 9 heteroatoms. The van der Waals surface area contributed by atoms with E-state index in [-0.39, 0.29) is 34.0 Å². The second-order valence-electron chi connectivity index (χ2n) is 9.74. The van der Waals surface area contributed by atoms with Gasteiger partial charge in [0.15, 0.2) is 5.16 Å². The predicted octanol–water partition coefficient (Wildman–Crippen LogP) is 6.50. The standard InChI is InChI=1S/C27H29F3N2O3S/c1-16(2)20-12-11-17(3)13-23(20)35-24(33)15-36-26-31-22-10-5-4-9-21(22)25(34)32(26)19-8-6-7-18(14-19)27(28,29)30/h4-10,14,16-17,20,23H,11-13,15H2,1-3H3/t17-,20-,23-/m1/s1. The molecule has 0 amide bonds. The minimum absolute atomic E-state index is 0.0323. The van der Waals surface area contributed by atoms with Crippen LogP contribution in [0.15, 0.2) is 58.5 Å². The van der Waals surface area contributed by atoms with Gasteiger partial charge >= 0.3 is 12.1 Å². The fraction of sp³-hybridized carbons (Fsp3) is 0.444. The number of ether oxygens (including phenoxy) is 1. The molecule has 1 saturated carbocycles. The van der Waals surface area contributed by atoms with E-state index in [0.717, 1.165) is 47.7 Å². The maximum atomic E-state index is 13.4. The van der Waals surface area contributed by atoms with Crippen molar-refractivity contribution >= 4 is 28.6 Å². The van der Waals surface area contributed by atoms with E-state index in [1.54, 1.807) is 24.3 Å². The number of hydrogen-bond acceptors (Lipinski definition) is 5. The first-order valence-corrected chi connectivity index (χ1v) is 13.0. The lowest BCUT2D eigenvalue weighted by atomic mass is 9.75. The molecule has 1 heterocycles. The van der Waals surface area contributed by atoms with Crippen molar-refractivity contribution < 1.29 is 22.7 Å². The van der Waals surface area contributed by atoms with Gasteiger partial charge in [-0.2, -0.15) is 13.2 Å². The van der Waals surface area contributed by atoms with Gasteiger partial charge in [0.2, 0.25) is 0 Å². The molecule has 5 nitrogen and oxygen atoms in total. The SMILES string of the molecule is CC(C)[C@H]1CC[C@@H](C)C[C@H]1OC(=O)CSc1nc2ccccc2c(=O)n1-c1cccc(C(F)(F)F)c1. The number of rotatable bonds is 6. The Hall–Kier alpha value is -2.81. The number of aromatic nitrogens is 2. The zero-order valence-corrected chi connectivity index (χ0v) is 21.2. The van der Waals surface area contributed by atoms with Crippen molar-refractivity contribution in [3.05, 3.63) is 64.4 Å². The summed E-state index contributed by atoms with van der Waals surface area (Å²) < 4.78 is 47.1. The Kier molecular flexibility index (Phi) is 7.78. The van der Waals surface area contributed by atoms with Crippen LogP contribution in [0, 0.1) is 17.8 Å². The van der Waals surface area contributed by atoms with Crippen molar-refractivity contribution in [1.29, 1.82) is 0 Å². The summed E-state index contributed by atoms with van der Waals surface area (Å²) in [4.78, 5) is 30.7. The van der Waals surface area contributed by atoms with Crippen molar-refractivity contribution in [3.8, 4) is 5.69 Å². The van der Waals surface area contributed by atoms with Gasteiger partial charge in [-0.05, 0) is 60.9 Å². The van der Waals surface area contributed by atoms with Gasteiger partial charge in [-0.3, -0.25) is 14.2 Å². The number of alkyl halides is 3. The largest absolute Gasteiger partial charge is 0.461 e. The first-order chi connectivity index (χ1) is 17.0. The summed E-state index contributed by atoms with van der Waals surface area (Å²) in [5.74, 6) is 0.606. The smallest absolute Gasteiger partial charge is 0.416 e. The Morgan fingerprint density at radius 1 is 1.17 bits per heavy atom. The summed E-state index contributed by atoms with van der Waals surface area (Å²) in [5, 5.41) is 0.408. The molecule has 3 aromatic rings. The van der Waals surface area contributed by atoms with E-state index in [1.807, 2.05) is 0 Å². The Bertz CT molecular complexity index is 1310. The minimum Gasteiger partial charge on any atom is -0.461 e. The zero-order chi connectivity index (χ0) is 26.0. The monoisotopic (exact) mass is 518 g/mol. The van der Waals surface area contributed by atoms with Crippen LogP contribution in [-0.2, 0) is 15.7 Å². The molecule has 0 aliphatic heterocycles. The highest BCUT2D eigenvalue weighted by molar-refractivity contribution is 7.99. The molecule has 36 heavy (non-hydrogen) atoms. The van der Waals surface area contributed by atoms with E-state index in [4.69, 9.17) is 4.74 Å². The van der Waals surface area contributed by atoms with Gasteiger partial charge in [0.1, 0.15) is 6.10 Å². The van der Waals surface area contributed by atoms with Gasteiger partial charge in [0, 0.05) is 0 Å². The third-order valence-corrected chi connectivity index (χ3v) is 7.65. The van der Waals surface area contributed by atoms with Crippen LogP contribution in [0.2, 0.25) is 0 Å². The molecular weight excluding hydrogens is 489 g/mol. The number of esters is 1. The van der Waals surface area contributed by atoms with E-state index >= 15 is 0 Å². The zero-order valence-electron chi connectivity index (χ0n) is 20.4. The normalized spacial score (nSPS) is 20.6. The molecule has 192 valence electrons. The van der Waals surface area contributed by atoms with E-state index in [0.29, 0.717) is 17.4 Å². The van der Waals surface area contributed by atoms with Crippen LogP contribution in [0.3, 0.4) is 0 Å². The summed E-state index contributed by atoms with van der Waals surface area (Å²) in [7, 11) is 0. The lowest BCUT2D eigenvalue weighted by Crippen LogP contribution is -2.36. The molecule has 2 aromatic carbocycles. The van der Waals surface area contributed by atoms with Crippen LogP contribution in [0.25, 0.3) is 16.6 Å². The number of carbonyl (C=O) groups excluding carboxylic acids is 1. The van der Waals surface area contributed by atoms with Crippen LogP contribution in [0.1, 0.15) is 45.6 Å². The minimum atomic E-state index is -4.56. The lowest BCUT2D eigenvalue weighted by Gasteiger charge is -2.36. The highest BCUT2D eigenvalue weighted by atomic mass is 32.2. The second-order valence-corrected chi connectivity index (χ2v) is 10.7. The van der Waals surface area contributed by atoms with Crippen molar-refractivity contribution in [2.45, 2.75) is 57.5 Å². The number of halogens is 3. The highest BCUT2D eigenvalue weighted by Gasteiger charge is 2.34. The van der Waals surface area contributed by atoms with Gasteiger partial charge in [0.25, 0.3) is 5.56 Å². The van der Waals surface area contributed by atoms with Gasteiger partial charge in [-0.15, -0.1) is 0 Å². The van der Waals surface area contributed by atoms with Crippen molar-refractivity contribution in [2.75, 3.05) is 5.75 Å². The first-order valence-electron chi connectivity index (χ1n) is 12.1. The van der Waals surface area contributed by atoms with Gasteiger partial charge in [-0.25, -0.2) is 4.98 Å². The van der Waals surface area contributed by atoms with Crippen molar-refractivity contribution in [1.82, 2.24) is 9.55 Å².